The van der Waals surface area contributed by atoms with Gasteiger partial charge < -0.3 is 16.8 Å². The van der Waals surface area contributed by atoms with E-state index in [1.807, 2.05) is 6.07 Å². The van der Waals surface area contributed by atoms with E-state index in [-0.39, 0.29) is 51.6 Å². The van der Waals surface area contributed by atoms with Gasteiger partial charge in [0, 0.05) is 11.6 Å². The summed E-state index contributed by atoms with van der Waals surface area (Å²) in [6.45, 7) is 0. The number of nitrogens with two attached hydrogens (primary N) is 2. The average molecular weight is 482 g/mol. The molecule has 3 aromatic heterocycles. The molecule has 1 atom stereocenters. The zero-order valence-corrected chi connectivity index (χ0v) is 17.8. The van der Waals surface area contributed by atoms with Crippen LogP contribution in [0, 0.1) is 23.1 Å². The van der Waals surface area contributed by atoms with Gasteiger partial charge in [0.05, 0.1) is 23.1 Å². The maximum atomic E-state index is 14.1. The van der Waals surface area contributed by atoms with Crippen LogP contribution in [0.4, 0.5) is 30.8 Å². The van der Waals surface area contributed by atoms with Crippen molar-refractivity contribution in [2.75, 3.05) is 16.8 Å². The van der Waals surface area contributed by atoms with Crippen molar-refractivity contribution in [1.82, 2.24) is 29.7 Å². The summed E-state index contributed by atoms with van der Waals surface area (Å²) in [6.07, 6.45) is -0.241. The van der Waals surface area contributed by atoms with Crippen molar-refractivity contribution in [3.05, 3.63) is 57.5 Å². The summed E-state index contributed by atoms with van der Waals surface area (Å²) >= 11 is 0. The zero-order valence-electron chi connectivity index (χ0n) is 17.8. The van der Waals surface area contributed by atoms with Gasteiger partial charge in [-0.25, -0.2) is 22.7 Å². The number of nitriles is 1. The van der Waals surface area contributed by atoms with Gasteiger partial charge in [0.15, 0.2) is 5.82 Å². The second-order valence-electron chi connectivity index (χ2n) is 8.01. The minimum Gasteiger partial charge on any atom is -0.382 e. The Kier molecular flexibility index (Phi) is 5.24. The first-order chi connectivity index (χ1) is 16.8. The topological polar surface area (TPSA) is 177 Å². The Bertz CT molecular complexity index is 1540. The molecule has 6 N–H and O–H groups in total. The molecule has 0 radical (unpaired) electrons. The molecule has 0 bridgehead atoms. The van der Waals surface area contributed by atoms with Crippen molar-refractivity contribution in [3.63, 3.8) is 0 Å². The zero-order chi connectivity index (χ0) is 24.9. The van der Waals surface area contributed by atoms with Crippen molar-refractivity contribution < 1.29 is 13.2 Å². The van der Waals surface area contributed by atoms with E-state index < -0.39 is 29.4 Å². The van der Waals surface area contributed by atoms with Gasteiger partial charge in [-0.2, -0.15) is 20.3 Å². The Balaban J connectivity index is 1.79. The molecule has 178 valence electrons. The van der Waals surface area contributed by atoms with Crippen molar-refractivity contribution in [1.29, 1.82) is 5.26 Å². The highest BCUT2D eigenvalue weighted by Gasteiger charge is 2.37. The van der Waals surface area contributed by atoms with Crippen LogP contribution in [0.5, 0.6) is 0 Å². The van der Waals surface area contributed by atoms with Crippen LogP contribution in [0.1, 0.15) is 42.3 Å². The third-order valence-corrected chi connectivity index (χ3v) is 5.69. The minimum atomic E-state index is -3.07. The molecule has 0 aliphatic heterocycles. The van der Waals surface area contributed by atoms with Crippen LogP contribution in [0.25, 0.3) is 16.7 Å². The molecule has 1 saturated carbocycles. The first-order valence-corrected chi connectivity index (χ1v) is 10.4. The highest BCUT2D eigenvalue weighted by atomic mass is 19.3. The fraction of sp³-hybridized carbons (Fsp3) is 0.238. The van der Waals surface area contributed by atoms with Gasteiger partial charge in [-0.1, -0.05) is 0 Å². The monoisotopic (exact) mass is 482 g/mol. The van der Waals surface area contributed by atoms with Gasteiger partial charge in [-0.15, -0.1) is 0 Å². The molecular formula is C21H17F3N10O. The minimum absolute atomic E-state index is 0.00750. The summed E-state index contributed by atoms with van der Waals surface area (Å²) in [5.41, 5.74) is 9.64. The second kappa shape index (κ2) is 8.28. The number of anilines is 3. The number of alkyl halides is 2. The van der Waals surface area contributed by atoms with Crippen LogP contribution in [0.3, 0.4) is 0 Å². The lowest BCUT2D eigenvalue weighted by atomic mass is 10.1. The largest absolute Gasteiger partial charge is 0.382 e. The van der Waals surface area contributed by atoms with Crippen molar-refractivity contribution in [2.45, 2.75) is 25.3 Å². The number of hydrogen-bond acceptors (Lipinski definition) is 9. The summed E-state index contributed by atoms with van der Waals surface area (Å²) in [5.74, 6) is -1.17. The maximum Gasteiger partial charge on any atom is 0.267 e. The molecule has 1 aromatic carbocycles. The number of hydrogen-bond donors (Lipinski definition) is 4. The van der Waals surface area contributed by atoms with Gasteiger partial charge in [-0.3, -0.25) is 9.89 Å². The predicted octanol–water partition coefficient (Wildman–Crippen LogP) is 2.57. The number of aromatic amines is 1. The molecule has 1 aliphatic rings. The number of benzene rings is 1. The first kappa shape index (κ1) is 22.1. The van der Waals surface area contributed by atoms with Crippen LogP contribution in [0.2, 0.25) is 0 Å². The first-order valence-electron chi connectivity index (χ1n) is 10.4. The summed E-state index contributed by atoms with van der Waals surface area (Å²) in [6, 6.07) is 4.14. The Morgan fingerprint density at radius 3 is 2.63 bits per heavy atom. The highest BCUT2D eigenvalue weighted by molar-refractivity contribution is 5.82. The smallest absolute Gasteiger partial charge is 0.267 e. The lowest BCUT2D eigenvalue weighted by molar-refractivity contribution is 0.152. The molecule has 0 amide bonds. The molecular weight excluding hydrogens is 465 g/mol. The number of nitrogens with one attached hydrogen (secondary N) is 2. The standard InChI is InChI=1S/C21H17F3N10O/c22-9-5-10(16(23)24)15-11(6-9)20(35)34(13-3-4-28-33-13)19(30-15)14(8-1-2-8)29-18-12(7-25)17(26)31-21(27)32-18/h3-6,8,14,16H,1-2H2,(H,28,33)(H5,26,27,29,31,32)/t14-/m0/s1. The van der Waals surface area contributed by atoms with Gasteiger partial charge >= 0.3 is 0 Å². The molecule has 14 heteroatoms. The maximum absolute atomic E-state index is 14.1. The summed E-state index contributed by atoms with van der Waals surface area (Å²) in [7, 11) is 0. The van der Waals surface area contributed by atoms with Gasteiger partial charge in [0.2, 0.25) is 5.95 Å². The predicted molar refractivity (Wildman–Crippen MR) is 119 cm³/mol. The quantitative estimate of drug-likeness (QED) is 0.321. The molecule has 1 aliphatic carbocycles. The van der Waals surface area contributed by atoms with Crippen molar-refractivity contribution in [2.24, 2.45) is 5.92 Å². The average Bonchev–Trinajstić information content (AvgIpc) is 3.50. The third kappa shape index (κ3) is 3.86. The molecule has 0 unspecified atom stereocenters. The lowest BCUT2D eigenvalue weighted by Crippen LogP contribution is -2.30. The van der Waals surface area contributed by atoms with Crippen LogP contribution >= 0.6 is 0 Å². The molecule has 1 fully saturated rings. The number of fused-ring (bicyclic) bond motifs is 1. The highest BCUT2D eigenvalue weighted by Crippen LogP contribution is 2.43. The Labute approximate surface area is 194 Å². The second-order valence-corrected chi connectivity index (χ2v) is 8.01. The number of halogens is 3. The number of nitrogen functional groups attached to an aromatic ring is 2. The number of aromatic nitrogens is 6. The van der Waals surface area contributed by atoms with Gasteiger partial charge in [0.1, 0.15) is 34.9 Å². The SMILES string of the molecule is N#Cc1c(N)nc(N)nc1N[C@H](c1nc2c(C(F)F)cc(F)cc2c(=O)n1-c1ccn[nH]1)C1CC1. The van der Waals surface area contributed by atoms with E-state index in [1.165, 1.54) is 12.3 Å². The Morgan fingerprint density at radius 2 is 2.00 bits per heavy atom. The molecule has 11 nitrogen and oxygen atoms in total. The van der Waals surface area contributed by atoms with Crippen LogP contribution in [-0.4, -0.2) is 29.7 Å². The lowest BCUT2D eigenvalue weighted by Gasteiger charge is -2.23. The van der Waals surface area contributed by atoms with E-state index in [0.717, 1.165) is 23.5 Å². The fourth-order valence-electron chi connectivity index (χ4n) is 3.96. The van der Waals surface area contributed by atoms with E-state index in [9.17, 15) is 23.2 Å². The number of nitrogens with zero attached hydrogens (tertiary/aromatic N) is 6. The Morgan fingerprint density at radius 1 is 1.23 bits per heavy atom. The van der Waals surface area contributed by atoms with E-state index >= 15 is 0 Å². The van der Waals surface area contributed by atoms with Crippen LogP contribution in [0.15, 0.2) is 29.2 Å². The van der Waals surface area contributed by atoms with Crippen LogP contribution in [-0.2, 0) is 0 Å². The number of H-pyrrole nitrogens is 1. The van der Waals surface area contributed by atoms with E-state index in [1.54, 1.807) is 0 Å². The van der Waals surface area contributed by atoms with Crippen molar-refractivity contribution >= 4 is 28.5 Å². The van der Waals surface area contributed by atoms with E-state index in [4.69, 9.17) is 11.5 Å². The van der Waals surface area contributed by atoms with Gasteiger partial charge in [0.25, 0.3) is 12.0 Å². The molecule has 3 heterocycles. The summed E-state index contributed by atoms with van der Waals surface area (Å²) in [4.78, 5) is 25.8. The van der Waals surface area contributed by atoms with Gasteiger partial charge in [-0.05, 0) is 30.9 Å². The fourth-order valence-corrected chi connectivity index (χ4v) is 3.96. The number of rotatable bonds is 6. The molecule has 0 saturated heterocycles. The van der Waals surface area contributed by atoms with Crippen molar-refractivity contribution in [3.8, 4) is 11.9 Å². The summed E-state index contributed by atoms with van der Waals surface area (Å²) < 4.78 is 42.9. The van der Waals surface area contributed by atoms with Crippen LogP contribution < -0.4 is 22.3 Å². The molecule has 0 spiro atoms. The molecule has 35 heavy (non-hydrogen) atoms. The Hall–Kier alpha value is -4.67. The molecule has 4 aromatic rings. The molecule has 5 rings (SSSR count). The van der Waals surface area contributed by atoms with E-state index in [2.05, 4.69) is 30.5 Å². The third-order valence-electron chi connectivity index (χ3n) is 5.69. The normalized spacial score (nSPS) is 14.3. The summed E-state index contributed by atoms with van der Waals surface area (Å²) in [5, 5.41) is 18.8. The van der Waals surface area contributed by atoms with E-state index in [0.29, 0.717) is 6.07 Å².